The topological polar surface area (TPSA) is 56.9 Å². The normalized spacial score (nSPS) is 23.4. The van der Waals surface area contributed by atoms with Crippen molar-refractivity contribution < 1.29 is 0 Å². The van der Waals surface area contributed by atoms with Gasteiger partial charge in [-0.1, -0.05) is 13.8 Å². The monoisotopic (exact) mass is 409 g/mol. The molecule has 0 aromatic carbocycles. The molecule has 0 spiro atoms. The van der Waals surface area contributed by atoms with Crippen molar-refractivity contribution in [3.05, 3.63) is 0 Å². The van der Waals surface area contributed by atoms with E-state index in [-0.39, 0.29) is 24.0 Å². The molecule has 0 radical (unpaired) electrons. The second kappa shape index (κ2) is 9.84. The molecule has 5 nitrogen and oxygen atoms in total. The molecule has 6 heteroatoms. The zero-order valence-corrected chi connectivity index (χ0v) is 15.9. The fourth-order valence-corrected chi connectivity index (χ4v) is 3.14. The van der Waals surface area contributed by atoms with Crippen LogP contribution in [0.3, 0.4) is 0 Å². The summed E-state index contributed by atoms with van der Waals surface area (Å²) in [4.78, 5) is 9.54. The third kappa shape index (κ3) is 6.28. The summed E-state index contributed by atoms with van der Waals surface area (Å²) < 4.78 is 0. The number of aliphatic imine (C=N–C) groups is 1. The quantitative estimate of drug-likeness (QED) is 0.362. The molecule has 1 aliphatic heterocycles. The van der Waals surface area contributed by atoms with Gasteiger partial charge in [0.05, 0.1) is 6.54 Å². The van der Waals surface area contributed by atoms with Gasteiger partial charge in [-0.3, -0.25) is 14.8 Å². The van der Waals surface area contributed by atoms with Gasteiger partial charge in [0.25, 0.3) is 0 Å². The van der Waals surface area contributed by atoms with E-state index in [0.29, 0.717) is 12.0 Å². The maximum absolute atomic E-state index is 5.96. The third-order valence-corrected chi connectivity index (χ3v) is 4.55. The number of nitrogens with zero attached hydrogens (tertiary/aromatic N) is 3. The largest absolute Gasteiger partial charge is 0.370 e. The highest BCUT2D eigenvalue weighted by atomic mass is 127. The van der Waals surface area contributed by atoms with E-state index in [4.69, 9.17) is 5.73 Å². The summed E-state index contributed by atoms with van der Waals surface area (Å²) in [7, 11) is 0. The van der Waals surface area contributed by atoms with Gasteiger partial charge in [0, 0.05) is 25.2 Å². The maximum atomic E-state index is 5.96. The fraction of sp³-hybridized carbons (Fsp3) is 0.933. The number of halogens is 1. The number of nitrogens with two attached hydrogens (primary N) is 1. The van der Waals surface area contributed by atoms with Crippen molar-refractivity contribution >= 4 is 29.9 Å². The summed E-state index contributed by atoms with van der Waals surface area (Å²) in [5.74, 6) is 0.611. The van der Waals surface area contributed by atoms with Crippen LogP contribution in [-0.4, -0.2) is 67.1 Å². The molecule has 3 N–H and O–H groups in total. The average Bonchev–Trinajstić information content (AvgIpc) is 3.19. The van der Waals surface area contributed by atoms with Crippen LogP contribution >= 0.6 is 24.0 Å². The highest BCUT2D eigenvalue weighted by Gasteiger charge is 2.27. The molecule has 2 rings (SSSR count). The minimum Gasteiger partial charge on any atom is -0.370 e. The van der Waals surface area contributed by atoms with E-state index in [2.05, 4.69) is 34.0 Å². The number of nitrogens with one attached hydrogen (secondary N) is 1. The summed E-state index contributed by atoms with van der Waals surface area (Å²) in [6.45, 7) is 10.8. The Morgan fingerprint density at radius 2 is 2.10 bits per heavy atom. The molecule has 1 aliphatic carbocycles. The van der Waals surface area contributed by atoms with Gasteiger partial charge in [-0.15, -0.1) is 24.0 Å². The zero-order valence-electron chi connectivity index (χ0n) is 13.6. The molecular weight excluding hydrogens is 377 g/mol. The van der Waals surface area contributed by atoms with Crippen LogP contribution in [0.25, 0.3) is 0 Å². The van der Waals surface area contributed by atoms with Gasteiger partial charge in [0.1, 0.15) is 0 Å². The highest BCUT2D eigenvalue weighted by Crippen LogP contribution is 2.25. The SMILES string of the molecule is CCN(CCNC(N)=NCC1CCCN1CC)C1CC1.I. The van der Waals surface area contributed by atoms with Gasteiger partial charge in [-0.25, -0.2) is 0 Å². The van der Waals surface area contributed by atoms with Crippen molar-refractivity contribution in [1.29, 1.82) is 0 Å². The molecule has 0 aromatic heterocycles. The lowest BCUT2D eigenvalue weighted by Gasteiger charge is -2.21. The van der Waals surface area contributed by atoms with Gasteiger partial charge >= 0.3 is 0 Å². The lowest BCUT2D eigenvalue weighted by molar-refractivity contribution is 0.272. The molecule has 0 bridgehead atoms. The van der Waals surface area contributed by atoms with Crippen molar-refractivity contribution in [1.82, 2.24) is 15.1 Å². The van der Waals surface area contributed by atoms with E-state index >= 15 is 0 Å². The first-order chi connectivity index (χ1) is 9.74. The predicted octanol–water partition coefficient (Wildman–Crippen LogP) is 1.48. The minimum absolute atomic E-state index is 0. The molecule has 21 heavy (non-hydrogen) atoms. The Labute approximate surface area is 146 Å². The van der Waals surface area contributed by atoms with E-state index < -0.39 is 0 Å². The Kier molecular flexibility index (Phi) is 8.89. The van der Waals surface area contributed by atoms with Crippen molar-refractivity contribution in [2.75, 3.05) is 39.3 Å². The smallest absolute Gasteiger partial charge is 0.188 e. The first-order valence-electron chi connectivity index (χ1n) is 8.26. The van der Waals surface area contributed by atoms with Crippen molar-refractivity contribution in [3.63, 3.8) is 0 Å². The molecule has 1 unspecified atom stereocenters. The van der Waals surface area contributed by atoms with Crippen LogP contribution in [0, 0.1) is 0 Å². The Bertz CT molecular complexity index is 319. The van der Waals surface area contributed by atoms with Crippen molar-refractivity contribution in [2.24, 2.45) is 10.7 Å². The molecule has 0 aromatic rings. The molecule has 1 heterocycles. The van der Waals surface area contributed by atoms with Crippen LogP contribution in [0.1, 0.15) is 39.5 Å². The molecule has 1 saturated carbocycles. The second-order valence-electron chi connectivity index (χ2n) is 5.94. The van der Waals surface area contributed by atoms with Crippen LogP contribution < -0.4 is 11.1 Å². The first kappa shape index (κ1) is 19.0. The number of hydrogen-bond donors (Lipinski definition) is 2. The first-order valence-corrected chi connectivity index (χ1v) is 8.26. The Hall–Kier alpha value is -0.0800. The number of likely N-dealkylation sites (tertiary alicyclic amines) is 1. The summed E-state index contributed by atoms with van der Waals surface area (Å²) >= 11 is 0. The number of likely N-dealkylation sites (N-methyl/N-ethyl adjacent to an activating group) is 2. The molecule has 124 valence electrons. The number of rotatable bonds is 8. The minimum atomic E-state index is 0. The van der Waals surface area contributed by atoms with E-state index in [1.165, 1.54) is 32.2 Å². The molecule has 1 atom stereocenters. The van der Waals surface area contributed by atoms with Gasteiger partial charge in [-0.05, 0) is 45.3 Å². The average molecular weight is 409 g/mol. The van der Waals surface area contributed by atoms with Crippen molar-refractivity contribution in [3.8, 4) is 0 Å². The lowest BCUT2D eigenvalue weighted by atomic mass is 10.2. The van der Waals surface area contributed by atoms with Crippen LogP contribution in [0.2, 0.25) is 0 Å². The summed E-state index contributed by atoms with van der Waals surface area (Å²) in [6, 6.07) is 1.43. The Morgan fingerprint density at radius 1 is 1.33 bits per heavy atom. The molecule has 2 aliphatic rings. The summed E-state index contributed by atoms with van der Waals surface area (Å²) in [5, 5.41) is 3.25. The number of hydrogen-bond acceptors (Lipinski definition) is 3. The molecular formula is C15H32IN5. The van der Waals surface area contributed by atoms with Crippen LogP contribution in [0.5, 0.6) is 0 Å². The van der Waals surface area contributed by atoms with Gasteiger partial charge in [0.15, 0.2) is 5.96 Å². The third-order valence-electron chi connectivity index (χ3n) is 4.55. The predicted molar refractivity (Wildman–Crippen MR) is 100 cm³/mol. The van der Waals surface area contributed by atoms with Gasteiger partial charge in [-0.2, -0.15) is 0 Å². The van der Waals surface area contributed by atoms with Crippen LogP contribution in [0.15, 0.2) is 4.99 Å². The van der Waals surface area contributed by atoms with E-state index in [9.17, 15) is 0 Å². The number of guanidine groups is 1. The highest BCUT2D eigenvalue weighted by molar-refractivity contribution is 14.0. The van der Waals surface area contributed by atoms with E-state index in [0.717, 1.165) is 38.8 Å². The lowest BCUT2D eigenvalue weighted by Crippen LogP contribution is -2.40. The molecule has 2 fully saturated rings. The van der Waals surface area contributed by atoms with Crippen LogP contribution in [-0.2, 0) is 0 Å². The Morgan fingerprint density at radius 3 is 2.71 bits per heavy atom. The summed E-state index contributed by atoms with van der Waals surface area (Å²) in [6.07, 6.45) is 5.29. The van der Waals surface area contributed by atoms with Crippen molar-refractivity contribution in [2.45, 2.75) is 51.6 Å². The molecule has 1 saturated heterocycles. The molecule has 0 amide bonds. The van der Waals surface area contributed by atoms with Gasteiger partial charge < -0.3 is 11.1 Å². The van der Waals surface area contributed by atoms with E-state index in [1.54, 1.807) is 0 Å². The summed E-state index contributed by atoms with van der Waals surface area (Å²) in [5.41, 5.74) is 5.96. The Balaban J connectivity index is 0.00000220. The van der Waals surface area contributed by atoms with E-state index in [1.807, 2.05) is 0 Å². The zero-order chi connectivity index (χ0) is 14.4. The van der Waals surface area contributed by atoms with Gasteiger partial charge in [0.2, 0.25) is 0 Å². The fourth-order valence-electron chi connectivity index (χ4n) is 3.14. The maximum Gasteiger partial charge on any atom is 0.188 e. The van der Waals surface area contributed by atoms with Crippen LogP contribution in [0.4, 0.5) is 0 Å². The second-order valence-corrected chi connectivity index (χ2v) is 5.94. The standard InChI is InChI=1S/C15H31N5.HI/c1-3-19-10-5-6-14(19)12-18-15(16)17-9-11-20(4-2)13-7-8-13;/h13-14H,3-12H2,1-2H3,(H3,16,17,18);1H.